The Kier molecular flexibility index (Phi) is 16.6. The van der Waals surface area contributed by atoms with Crippen LogP contribution >= 0.6 is 0 Å². The molecular formula is C8H13BF3K2NO5. The van der Waals surface area contributed by atoms with Gasteiger partial charge in [0.15, 0.2) is 6.30 Å². The van der Waals surface area contributed by atoms with Crippen molar-refractivity contribution in [3.63, 3.8) is 0 Å². The van der Waals surface area contributed by atoms with Crippen molar-refractivity contribution in [2.75, 3.05) is 32.9 Å². The summed E-state index contributed by atoms with van der Waals surface area (Å²) >= 11 is 0. The number of hydrogen-bond acceptors (Lipinski definition) is 6. The monoisotopic (exact) mass is 349 g/mol. The first-order chi connectivity index (χ1) is 8.41. The molecule has 1 atom stereocenters. The van der Waals surface area contributed by atoms with E-state index in [-0.39, 0.29) is 109 Å². The predicted molar refractivity (Wildman–Crippen MR) is 49.6 cm³/mol. The summed E-state index contributed by atoms with van der Waals surface area (Å²) in [4.78, 5) is 1.43. The standard InChI is InChI=1S/C8H13BF3NO5.2K/c10-7(13-2-5-16-6-3-13)1-4-17-8(11,12)18-9(14)15;;/h7H,1-6H2;;/q-2;2*+1. The van der Waals surface area contributed by atoms with E-state index in [0.29, 0.717) is 26.3 Å². The molecule has 0 radical (unpaired) electrons. The van der Waals surface area contributed by atoms with E-state index >= 15 is 0 Å². The summed E-state index contributed by atoms with van der Waals surface area (Å²) in [5.74, 6) is 0. The van der Waals surface area contributed by atoms with Gasteiger partial charge < -0.3 is 19.4 Å². The molecule has 20 heavy (non-hydrogen) atoms. The Morgan fingerprint density at radius 1 is 1.25 bits per heavy atom. The summed E-state index contributed by atoms with van der Waals surface area (Å²) in [7, 11) is -3.15. The quantitative estimate of drug-likeness (QED) is 0.258. The van der Waals surface area contributed by atoms with E-state index in [1.54, 1.807) is 0 Å². The third-order valence-corrected chi connectivity index (χ3v) is 2.30. The van der Waals surface area contributed by atoms with E-state index in [4.69, 9.17) is 4.74 Å². The molecule has 0 aromatic heterocycles. The normalized spacial score (nSPS) is 17.9. The van der Waals surface area contributed by atoms with Crippen molar-refractivity contribution in [3.05, 3.63) is 0 Å². The van der Waals surface area contributed by atoms with Crippen LogP contribution in [0, 0.1) is 0 Å². The maximum absolute atomic E-state index is 13.5. The number of ether oxygens (including phenoxy) is 2. The molecule has 1 saturated heterocycles. The summed E-state index contributed by atoms with van der Waals surface area (Å²) in [5.41, 5.74) is 0. The number of nitrogens with zero attached hydrogens (tertiary/aromatic N) is 1. The van der Waals surface area contributed by atoms with Crippen LogP contribution in [0.5, 0.6) is 0 Å². The molecule has 6 nitrogen and oxygen atoms in total. The third kappa shape index (κ3) is 11.4. The number of morpholine rings is 1. The fraction of sp³-hybridized carbons (Fsp3) is 1.00. The van der Waals surface area contributed by atoms with E-state index in [2.05, 4.69) is 9.39 Å². The minimum Gasteiger partial charge on any atom is -0.870 e. The first-order valence-electron chi connectivity index (χ1n) is 5.38. The van der Waals surface area contributed by atoms with E-state index in [1.165, 1.54) is 4.90 Å². The van der Waals surface area contributed by atoms with Crippen LogP contribution in [0.1, 0.15) is 6.42 Å². The molecule has 0 N–H and O–H groups in total. The largest absolute Gasteiger partial charge is 1.00 e. The second-order valence-electron chi connectivity index (χ2n) is 3.59. The van der Waals surface area contributed by atoms with Crippen LogP contribution in [0.15, 0.2) is 0 Å². The van der Waals surface area contributed by atoms with Crippen molar-refractivity contribution >= 4 is 7.32 Å². The molecule has 1 rings (SSSR count). The van der Waals surface area contributed by atoms with Gasteiger partial charge in [-0.25, -0.2) is 4.39 Å². The minimum absolute atomic E-state index is 0. The molecule has 0 saturated carbocycles. The zero-order valence-electron chi connectivity index (χ0n) is 11.5. The zero-order valence-corrected chi connectivity index (χ0v) is 17.8. The van der Waals surface area contributed by atoms with Crippen molar-refractivity contribution in [1.29, 1.82) is 0 Å². The average Bonchev–Trinajstić information content (AvgIpc) is 2.28. The molecule has 0 aliphatic carbocycles. The van der Waals surface area contributed by atoms with Gasteiger partial charge in [0.1, 0.15) is 0 Å². The Bertz CT molecular complexity index is 252. The van der Waals surface area contributed by atoms with E-state index in [9.17, 15) is 23.2 Å². The number of halogens is 3. The van der Waals surface area contributed by atoms with Crippen molar-refractivity contribution in [2.24, 2.45) is 0 Å². The summed E-state index contributed by atoms with van der Waals surface area (Å²) < 4.78 is 50.6. The van der Waals surface area contributed by atoms with Gasteiger partial charge in [-0.15, -0.1) is 8.78 Å². The molecule has 0 aromatic carbocycles. The van der Waals surface area contributed by atoms with Crippen molar-refractivity contribution < 1.29 is 140 Å². The topological polar surface area (TPSA) is 77.0 Å². The SMILES string of the molecule is [K+].[K+].[O-]B([O-])OC(F)(F)OCCC(F)N1CCOCC1. The molecule has 1 aliphatic rings. The molecule has 1 fully saturated rings. The summed E-state index contributed by atoms with van der Waals surface area (Å²) in [6, 6.07) is 0. The molecule has 106 valence electrons. The van der Waals surface area contributed by atoms with Gasteiger partial charge in [-0.3, -0.25) is 9.64 Å². The third-order valence-electron chi connectivity index (χ3n) is 2.30. The summed E-state index contributed by atoms with van der Waals surface area (Å²) in [6.45, 7) is 0.843. The van der Waals surface area contributed by atoms with Crippen LogP contribution in [0.25, 0.3) is 0 Å². The van der Waals surface area contributed by atoms with E-state index in [0.717, 1.165) is 0 Å². The average molecular weight is 349 g/mol. The van der Waals surface area contributed by atoms with Crippen molar-refractivity contribution in [2.45, 2.75) is 19.0 Å². The van der Waals surface area contributed by atoms with Gasteiger partial charge in [0.25, 0.3) is 0 Å². The summed E-state index contributed by atoms with van der Waals surface area (Å²) in [6.07, 6.45) is -6.04. The van der Waals surface area contributed by atoms with Gasteiger partial charge in [0.05, 0.1) is 27.1 Å². The van der Waals surface area contributed by atoms with Crippen LogP contribution in [0.2, 0.25) is 0 Å². The molecule has 1 heterocycles. The van der Waals surface area contributed by atoms with E-state index < -0.39 is 26.5 Å². The first kappa shape index (κ1) is 25.1. The Morgan fingerprint density at radius 3 is 2.30 bits per heavy atom. The first-order valence-corrected chi connectivity index (χ1v) is 5.38. The Balaban J connectivity index is 0. The van der Waals surface area contributed by atoms with Crippen LogP contribution in [0.3, 0.4) is 0 Å². The second kappa shape index (κ2) is 13.2. The van der Waals surface area contributed by atoms with Crippen LogP contribution in [-0.4, -0.2) is 57.7 Å². The van der Waals surface area contributed by atoms with Crippen LogP contribution in [-0.2, 0) is 14.1 Å². The molecule has 0 amide bonds. The minimum atomic E-state index is -4.28. The van der Waals surface area contributed by atoms with Gasteiger partial charge in [0.2, 0.25) is 0 Å². The molecule has 0 aromatic rings. The Hall–Kier alpha value is 2.89. The van der Waals surface area contributed by atoms with Crippen molar-refractivity contribution in [3.8, 4) is 0 Å². The maximum atomic E-state index is 13.5. The van der Waals surface area contributed by atoms with Gasteiger partial charge in [0, 0.05) is 19.5 Å². The fourth-order valence-corrected chi connectivity index (χ4v) is 1.46. The molecule has 1 aliphatic heterocycles. The molecule has 1 unspecified atom stereocenters. The number of hydrogen-bond donors (Lipinski definition) is 0. The number of rotatable bonds is 7. The molecule has 0 bridgehead atoms. The van der Waals surface area contributed by atoms with Crippen LogP contribution in [0.4, 0.5) is 13.2 Å². The van der Waals surface area contributed by atoms with E-state index in [1.807, 2.05) is 0 Å². The Labute approximate surface area is 200 Å². The van der Waals surface area contributed by atoms with Gasteiger partial charge in [-0.05, 0) is 0 Å². The van der Waals surface area contributed by atoms with Gasteiger partial charge in [-0.1, -0.05) is 0 Å². The van der Waals surface area contributed by atoms with Crippen LogP contribution < -0.4 is 113 Å². The predicted octanol–water partition coefficient (Wildman–Crippen LogP) is -7.70. The molecular weight excluding hydrogens is 336 g/mol. The maximum Gasteiger partial charge on any atom is 1.00 e. The second-order valence-corrected chi connectivity index (χ2v) is 3.59. The Morgan fingerprint density at radius 2 is 1.80 bits per heavy atom. The summed E-state index contributed by atoms with van der Waals surface area (Å²) in [5, 5.41) is 19.7. The molecule has 0 spiro atoms. The molecule has 12 heteroatoms. The fourth-order valence-electron chi connectivity index (χ4n) is 1.46. The van der Waals surface area contributed by atoms with Gasteiger partial charge >= 0.3 is 109 Å². The van der Waals surface area contributed by atoms with Crippen molar-refractivity contribution in [1.82, 2.24) is 4.90 Å². The zero-order chi connectivity index (χ0) is 13.6. The number of alkyl halides is 3. The smallest absolute Gasteiger partial charge is 0.870 e. The van der Waals surface area contributed by atoms with Gasteiger partial charge in [-0.2, -0.15) is 0 Å².